The van der Waals surface area contributed by atoms with Crippen LogP contribution in [0.25, 0.3) is 17.0 Å². The maximum absolute atomic E-state index is 12.8. The Morgan fingerprint density at radius 2 is 1.77 bits per heavy atom. The number of nitrogens with one attached hydrogen (secondary N) is 1. The predicted octanol–water partition coefficient (Wildman–Crippen LogP) is 4.58. The Bertz CT molecular complexity index is 1340. The number of rotatable bonds is 7. The lowest BCUT2D eigenvalue weighted by Gasteiger charge is -2.13. The second-order valence-electron chi connectivity index (χ2n) is 8.45. The van der Waals surface area contributed by atoms with Crippen molar-refractivity contribution in [2.45, 2.75) is 33.4 Å². The average molecular weight is 492 g/mol. The lowest BCUT2D eigenvalue weighted by atomic mass is 10.1. The SMILES string of the molecule is Cc1ccc(NC(=O)Cn2cc(/C=C3/SC(=O)N(CC(=O)OC(C)C)C3=O)c3ccccc32)cc1. The summed E-state index contributed by atoms with van der Waals surface area (Å²) in [6.07, 6.45) is 3.06. The molecule has 3 aromatic rings. The molecular weight excluding hydrogens is 466 g/mol. The van der Waals surface area contributed by atoms with Gasteiger partial charge in [-0.2, -0.15) is 0 Å². The molecule has 1 fully saturated rings. The van der Waals surface area contributed by atoms with Gasteiger partial charge in [0.15, 0.2) is 0 Å². The number of aromatic nitrogens is 1. The van der Waals surface area contributed by atoms with Crippen LogP contribution in [-0.4, -0.2) is 45.1 Å². The van der Waals surface area contributed by atoms with Gasteiger partial charge in [0.25, 0.3) is 11.1 Å². The number of esters is 1. The normalized spacial score (nSPS) is 14.9. The van der Waals surface area contributed by atoms with Crippen molar-refractivity contribution in [2.75, 3.05) is 11.9 Å². The van der Waals surface area contributed by atoms with Gasteiger partial charge in [0, 0.05) is 28.4 Å². The molecule has 0 spiro atoms. The number of ether oxygens (including phenoxy) is 1. The number of para-hydroxylation sites is 1. The van der Waals surface area contributed by atoms with E-state index in [9.17, 15) is 19.2 Å². The Labute approximate surface area is 206 Å². The minimum absolute atomic E-state index is 0.0742. The molecule has 1 aliphatic rings. The first kappa shape index (κ1) is 24.3. The summed E-state index contributed by atoms with van der Waals surface area (Å²) in [5.74, 6) is -1.38. The van der Waals surface area contributed by atoms with Gasteiger partial charge in [0.1, 0.15) is 13.1 Å². The van der Waals surface area contributed by atoms with E-state index in [1.54, 1.807) is 30.7 Å². The molecule has 1 aromatic heterocycles. The van der Waals surface area contributed by atoms with E-state index < -0.39 is 23.7 Å². The summed E-state index contributed by atoms with van der Waals surface area (Å²) in [6, 6.07) is 15.1. The van der Waals surface area contributed by atoms with Crippen LogP contribution in [0.4, 0.5) is 10.5 Å². The standard InChI is InChI=1S/C26H25N3O5S/c1-16(2)34-24(31)15-29-25(32)22(35-26(29)33)12-18-13-28(21-7-5-4-6-20(18)21)14-23(30)27-19-10-8-17(3)9-11-19/h4-13,16H,14-15H2,1-3H3,(H,27,30)/b22-12+. The molecule has 0 atom stereocenters. The number of aryl methyl sites for hydroxylation is 1. The lowest BCUT2D eigenvalue weighted by Crippen LogP contribution is -2.35. The van der Waals surface area contributed by atoms with Gasteiger partial charge in [0.2, 0.25) is 5.91 Å². The monoisotopic (exact) mass is 491 g/mol. The fourth-order valence-corrected chi connectivity index (χ4v) is 4.55. The first-order valence-corrected chi connectivity index (χ1v) is 11.9. The van der Waals surface area contributed by atoms with Crippen LogP contribution in [-0.2, 0) is 25.7 Å². The maximum atomic E-state index is 12.8. The van der Waals surface area contributed by atoms with Crippen LogP contribution >= 0.6 is 11.8 Å². The van der Waals surface area contributed by atoms with Gasteiger partial charge in [-0.3, -0.25) is 24.1 Å². The zero-order chi connectivity index (χ0) is 25.1. The Balaban J connectivity index is 1.56. The van der Waals surface area contributed by atoms with Crippen molar-refractivity contribution in [1.29, 1.82) is 0 Å². The highest BCUT2D eigenvalue weighted by Crippen LogP contribution is 2.34. The number of carbonyl (C=O) groups is 4. The molecule has 0 bridgehead atoms. The van der Waals surface area contributed by atoms with Gasteiger partial charge < -0.3 is 14.6 Å². The topological polar surface area (TPSA) is 97.7 Å². The number of amides is 3. The smallest absolute Gasteiger partial charge is 0.326 e. The van der Waals surface area contributed by atoms with Crippen molar-refractivity contribution in [3.63, 3.8) is 0 Å². The first-order valence-electron chi connectivity index (χ1n) is 11.1. The molecule has 180 valence electrons. The summed E-state index contributed by atoms with van der Waals surface area (Å²) in [6.45, 7) is 5.02. The molecule has 35 heavy (non-hydrogen) atoms. The van der Waals surface area contributed by atoms with Gasteiger partial charge >= 0.3 is 5.97 Å². The number of fused-ring (bicyclic) bond motifs is 1. The summed E-state index contributed by atoms with van der Waals surface area (Å²) in [5.41, 5.74) is 3.32. The largest absolute Gasteiger partial charge is 0.462 e. The molecule has 9 heteroatoms. The number of imide groups is 1. The Kier molecular flexibility index (Phi) is 7.07. The fourth-order valence-electron chi connectivity index (χ4n) is 3.72. The number of anilines is 1. The molecule has 2 aromatic carbocycles. The summed E-state index contributed by atoms with van der Waals surface area (Å²) >= 11 is 0.774. The number of carbonyl (C=O) groups excluding carboxylic acids is 4. The van der Waals surface area contributed by atoms with Crippen molar-refractivity contribution in [2.24, 2.45) is 0 Å². The van der Waals surface area contributed by atoms with Crippen LogP contribution in [0.2, 0.25) is 0 Å². The predicted molar refractivity (Wildman–Crippen MR) is 136 cm³/mol. The van der Waals surface area contributed by atoms with Gasteiger partial charge in [-0.25, -0.2) is 0 Å². The van der Waals surface area contributed by atoms with Crippen LogP contribution in [0.1, 0.15) is 25.0 Å². The molecule has 3 amide bonds. The molecule has 1 aliphatic heterocycles. The number of hydrogen-bond donors (Lipinski definition) is 1. The highest BCUT2D eigenvalue weighted by molar-refractivity contribution is 8.18. The summed E-state index contributed by atoms with van der Waals surface area (Å²) in [5, 5.41) is 3.20. The molecule has 0 aliphatic carbocycles. The number of nitrogens with zero attached hydrogens (tertiary/aromatic N) is 2. The van der Waals surface area contributed by atoms with Crippen molar-refractivity contribution in [1.82, 2.24) is 9.47 Å². The third-order valence-electron chi connectivity index (χ3n) is 5.28. The Morgan fingerprint density at radius 3 is 2.49 bits per heavy atom. The van der Waals surface area contributed by atoms with Crippen molar-refractivity contribution >= 4 is 57.5 Å². The molecular formula is C26H25N3O5S. The quantitative estimate of drug-likeness (QED) is 0.384. The highest BCUT2D eigenvalue weighted by atomic mass is 32.2. The molecule has 0 saturated carbocycles. The van der Waals surface area contributed by atoms with Crippen LogP contribution in [0.3, 0.4) is 0 Å². The van der Waals surface area contributed by atoms with E-state index in [4.69, 9.17) is 4.74 Å². The van der Waals surface area contributed by atoms with Gasteiger partial charge in [-0.05, 0) is 56.8 Å². The zero-order valence-electron chi connectivity index (χ0n) is 19.6. The van der Waals surface area contributed by atoms with Crippen LogP contribution in [0.5, 0.6) is 0 Å². The van der Waals surface area contributed by atoms with Gasteiger partial charge in [-0.1, -0.05) is 35.9 Å². The third-order valence-corrected chi connectivity index (χ3v) is 6.19. The number of thioether (sulfide) groups is 1. The van der Waals surface area contributed by atoms with Crippen LogP contribution < -0.4 is 5.32 Å². The van der Waals surface area contributed by atoms with Gasteiger partial charge in [-0.15, -0.1) is 0 Å². The van der Waals surface area contributed by atoms with E-state index >= 15 is 0 Å². The molecule has 1 N–H and O–H groups in total. The minimum atomic E-state index is -0.639. The average Bonchev–Trinajstić information content (AvgIpc) is 3.27. The van der Waals surface area contributed by atoms with E-state index in [0.29, 0.717) is 11.3 Å². The Morgan fingerprint density at radius 1 is 1.06 bits per heavy atom. The fraction of sp³-hybridized carbons (Fsp3) is 0.231. The molecule has 4 rings (SSSR count). The number of benzene rings is 2. The second kappa shape index (κ2) is 10.2. The Hall–Kier alpha value is -3.85. The summed E-state index contributed by atoms with van der Waals surface area (Å²) in [4.78, 5) is 50.9. The lowest BCUT2D eigenvalue weighted by molar-refractivity contribution is -0.149. The zero-order valence-corrected chi connectivity index (χ0v) is 20.4. The summed E-state index contributed by atoms with van der Waals surface area (Å²) in [7, 11) is 0. The van der Waals surface area contributed by atoms with Crippen LogP contribution in [0, 0.1) is 6.92 Å². The maximum Gasteiger partial charge on any atom is 0.326 e. The van der Waals surface area contributed by atoms with E-state index in [2.05, 4.69) is 5.32 Å². The molecule has 8 nitrogen and oxygen atoms in total. The van der Waals surface area contributed by atoms with Crippen molar-refractivity contribution < 1.29 is 23.9 Å². The molecule has 1 saturated heterocycles. The van der Waals surface area contributed by atoms with Crippen LogP contribution in [0.15, 0.2) is 59.6 Å². The van der Waals surface area contributed by atoms with E-state index in [1.165, 1.54) is 0 Å². The third kappa shape index (κ3) is 5.63. The first-order chi connectivity index (χ1) is 16.7. The van der Waals surface area contributed by atoms with Gasteiger partial charge in [0.05, 0.1) is 11.0 Å². The second-order valence-corrected chi connectivity index (χ2v) is 9.44. The summed E-state index contributed by atoms with van der Waals surface area (Å²) < 4.78 is 6.85. The van der Waals surface area contributed by atoms with E-state index in [1.807, 2.05) is 55.5 Å². The van der Waals surface area contributed by atoms with Crippen molar-refractivity contribution in [3.8, 4) is 0 Å². The molecule has 0 radical (unpaired) electrons. The highest BCUT2D eigenvalue weighted by Gasteiger charge is 2.37. The molecule has 0 unspecified atom stereocenters. The van der Waals surface area contributed by atoms with Crippen molar-refractivity contribution in [3.05, 3.63) is 70.8 Å². The molecule has 2 heterocycles. The van der Waals surface area contributed by atoms with E-state index in [-0.39, 0.29) is 23.5 Å². The number of hydrogen-bond acceptors (Lipinski definition) is 6. The van der Waals surface area contributed by atoms with E-state index in [0.717, 1.165) is 33.1 Å². The minimum Gasteiger partial charge on any atom is -0.462 e.